The zero-order valence-electron chi connectivity index (χ0n) is 37.3. The number of hydrogen-bond acceptors (Lipinski definition) is 10. The molecule has 4 heterocycles. The molecule has 1 saturated heterocycles. The lowest BCUT2D eigenvalue weighted by atomic mass is 9.88. The van der Waals surface area contributed by atoms with E-state index in [1.807, 2.05) is 83.9 Å². The number of unbranched alkanes of at least 4 members (excludes halogenated alkanes) is 1. The molecule has 0 bridgehead atoms. The maximum absolute atomic E-state index is 14.1. The molecule has 16 heteroatoms. The quantitative estimate of drug-likeness (QED) is 0.0501. The lowest BCUT2D eigenvalue weighted by Crippen LogP contribution is -2.52. The van der Waals surface area contributed by atoms with Crippen molar-refractivity contribution in [3.8, 4) is 11.5 Å². The first kappa shape index (κ1) is 45.5. The number of benzene rings is 3. The first-order chi connectivity index (χ1) is 30.7. The number of esters is 1. The number of urea groups is 1. The third-order valence-corrected chi connectivity index (χ3v) is 11.5. The number of hydrogen-bond donors (Lipinski definition) is 5. The van der Waals surface area contributed by atoms with Crippen molar-refractivity contribution in [2.24, 2.45) is 0 Å². The molecule has 0 saturated carbocycles. The summed E-state index contributed by atoms with van der Waals surface area (Å²) in [5.41, 5.74) is 2.56. The number of nitrogens with one attached hydrogen (secondary N) is 5. The van der Waals surface area contributed by atoms with E-state index < -0.39 is 41.1 Å². The fraction of sp³-hybridized carbons (Fsp3) is 0.438. The summed E-state index contributed by atoms with van der Waals surface area (Å²) in [6, 6.07) is 21.7. The molecule has 340 valence electrons. The third-order valence-electron chi connectivity index (χ3n) is 11.5. The summed E-state index contributed by atoms with van der Waals surface area (Å²) < 4.78 is 22.0. The molecule has 16 nitrogen and oxygen atoms in total. The standard InChI is InChI=1S/C48H60N8O8/c1-47(2,3)64-43(57)37(17-11-12-20-49-46(60)61-30-32-13-7-6-8-14-32)52-44(58)48(4,5)41-28-51-42(54-41)38(26-34-27-50-36-16-10-9-15-35(34)36)53-45(59)56-23-21-55(22-24-56)29-33-18-19-39-40(25-33)63-31-62-39/h6-10,13-16,18-19,25,27-28,37-38,50H,11-12,17,20-24,26,29-31H2,1-5H3,(H,49,60)(H,51,54)(H,52,58)(H,53,59)/t37-,38-/m1/s1. The number of para-hydroxylation sites is 1. The highest BCUT2D eigenvalue weighted by Crippen LogP contribution is 2.33. The first-order valence-electron chi connectivity index (χ1n) is 22.0. The fourth-order valence-corrected chi connectivity index (χ4v) is 7.74. The van der Waals surface area contributed by atoms with Gasteiger partial charge in [-0.2, -0.15) is 0 Å². The van der Waals surface area contributed by atoms with Crippen molar-refractivity contribution in [2.75, 3.05) is 39.5 Å². The summed E-state index contributed by atoms with van der Waals surface area (Å²) in [5.74, 6) is 1.05. The number of amides is 4. The van der Waals surface area contributed by atoms with Crippen LogP contribution in [0.25, 0.3) is 10.9 Å². The summed E-state index contributed by atoms with van der Waals surface area (Å²) in [6.07, 6.45) is 4.81. The predicted molar refractivity (Wildman–Crippen MR) is 241 cm³/mol. The van der Waals surface area contributed by atoms with E-state index in [2.05, 4.69) is 30.8 Å². The molecular formula is C48H60N8O8. The molecule has 64 heavy (non-hydrogen) atoms. The Hall–Kier alpha value is -6.55. The van der Waals surface area contributed by atoms with Crippen molar-refractivity contribution in [1.29, 1.82) is 0 Å². The van der Waals surface area contributed by atoms with E-state index in [9.17, 15) is 19.2 Å². The maximum Gasteiger partial charge on any atom is 0.407 e. The highest BCUT2D eigenvalue weighted by Gasteiger charge is 2.37. The molecule has 0 radical (unpaired) electrons. The molecule has 2 aromatic heterocycles. The largest absolute Gasteiger partial charge is 0.458 e. The highest BCUT2D eigenvalue weighted by atomic mass is 16.7. The van der Waals surface area contributed by atoms with E-state index >= 15 is 0 Å². The Morgan fingerprint density at radius 2 is 1.61 bits per heavy atom. The number of fused-ring (bicyclic) bond motifs is 2. The first-order valence-corrected chi connectivity index (χ1v) is 22.0. The van der Waals surface area contributed by atoms with Crippen LogP contribution in [0, 0.1) is 0 Å². The van der Waals surface area contributed by atoms with Gasteiger partial charge in [0.05, 0.1) is 11.5 Å². The normalized spacial score (nSPS) is 15.0. The average Bonchev–Trinajstić information content (AvgIpc) is 4.06. The maximum atomic E-state index is 14.1. The van der Waals surface area contributed by atoms with E-state index in [-0.39, 0.29) is 25.9 Å². The Labute approximate surface area is 373 Å². The molecule has 3 aromatic carbocycles. The third kappa shape index (κ3) is 11.9. The molecule has 2 atom stereocenters. The smallest absolute Gasteiger partial charge is 0.407 e. The average molecular weight is 877 g/mol. The number of ether oxygens (including phenoxy) is 4. The minimum Gasteiger partial charge on any atom is -0.458 e. The van der Waals surface area contributed by atoms with Crippen LogP contribution in [0.1, 0.15) is 88.1 Å². The van der Waals surface area contributed by atoms with Crippen molar-refractivity contribution in [3.63, 3.8) is 0 Å². The Kier molecular flexibility index (Phi) is 14.4. The minimum atomic E-state index is -1.17. The molecule has 5 aromatic rings. The van der Waals surface area contributed by atoms with Gasteiger partial charge in [0, 0.05) is 74.7 Å². The Morgan fingerprint density at radius 1 is 0.859 bits per heavy atom. The Balaban J connectivity index is 0.984. The number of carbonyl (C=O) groups is 4. The van der Waals surface area contributed by atoms with E-state index in [1.54, 1.807) is 40.8 Å². The molecule has 0 aliphatic carbocycles. The second-order valence-corrected chi connectivity index (χ2v) is 17.9. The second kappa shape index (κ2) is 20.3. The van der Waals surface area contributed by atoms with Crippen molar-refractivity contribution < 1.29 is 38.1 Å². The molecule has 7 rings (SSSR count). The van der Waals surface area contributed by atoms with Crippen LogP contribution < -0.4 is 25.4 Å². The van der Waals surface area contributed by atoms with Gasteiger partial charge in [-0.25, -0.2) is 19.4 Å². The van der Waals surface area contributed by atoms with Gasteiger partial charge >= 0.3 is 18.1 Å². The van der Waals surface area contributed by atoms with Gasteiger partial charge in [0.15, 0.2) is 11.5 Å². The zero-order valence-corrected chi connectivity index (χ0v) is 37.3. The zero-order chi connectivity index (χ0) is 45.3. The SMILES string of the molecule is CC(C)(C)OC(=O)[C@@H](CCCCNC(=O)OCc1ccccc1)NC(=O)C(C)(C)c1cnc([C@@H](Cc2c[nH]c3ccccc23)NC(=O)N2CCN(Cc3ccc4c(c3)OCO4)CC2)[nH]1. The number of rotatable bonds is 17. The molecule has 5 N–H and O–H groups in total. The van der Waals surface area contributed by atoms with Gasteiger partial charge in [0.25, 0.3) is 0 Å². The summed E-state index contributed by atoms with van der Waals surface area (Å²) in [7, 11) is 0. The topological polar surface area (TPSA) is 192 Å². The van der Waals surface area contributed by atoms with E-state index in [1.165, 1.54) is 0 Å². The molecule has 0 spiro atoms. The van der Waals surface area contributed by atoms with Crippen molar-refractivity contribution >= 4 is 34.9 Å². The van der Waals surface area contributed by atoms with Gasteiger partial charge in [-0.3, -0.25) is 9.69 Å². The van der Waals surface area contributed by atoms with Gasteiger partial charge in [-0.05, 0) is 88.8 Å². The van der Waals surface area contributed by atoms with Crippen LogP contribution in [0.2, 0.25) is 0 Å². The molecule has 2 aliphatic heterocycles. The van der Waals surface area contributed by atoms with E-state index in [4.69, 9.17) is 23.9 Å². The van der Waals surface area contributed by atoms with Gasteiger partial charge < -0.3 is 49.8 Å². The van der Waals surface area contributed by atoms with Gasteiger partial charge in [0.2, 0.25) is 12.7 Å². The van der Waals surface area contributed by atoms with Crippen LogP contribution in [-0.2, 0) is 44.1 Å². The van der Waals surface area contributed by atoms with Crippen LogP contribution in [-0.4, -0.2) is 99.9 Å². The number of piperazine rings is 1. The van der Waals surface area contributed by atoms with Crippen molar-refractivity contribution in [2.45, 2.75) is 96.6 Å². The fourth-order valence-electron chi connectivity index (χ4n) is 7.74. The number of H-pyrrole nitrogens is 2. The number of imidazole rings is 1. The molecule has 2 aliphatic rings. The number of alkyl carbamates (subject to hydrolysis) is 1. The summed E-state index contributed by atoms with van der Waals surface area (Å²) in [6.45, 7) is 12.8. The minimum absolute atomic E-state index is 0.162. The van der Waals surface area contributed by atoms with Gasteiger partial charge in [-0.15, -0.1) is 0 Å². The van der Waals surface area contributed by atoms with Gasteiger partial charge in [0.1, 0.15) is 24.1 Å². The summed E-state index contributed by atoms with van der Waals surface area (Å²) >= 11 is 0. The van der Waals surface area contributed by atoms with Crippen LogP contribution in [0.4, 0.5) is 9.59 Å². The number of aromatic amines is 2. The number of carbonyl (C=O) groups excluding carboxylic acids is 4. The van der Waals surface area contributed by atoms with E-state index in [0.29, 0.717) is 63.5 Å². The molecule has 1 fully saturated rings. The molecule has 0 unspecified atom stereocenters. The number of nitrogens with zero attached hydrogens (tertiary/aromatic N) is 3. The van der Waals surface area contributed by atoms with Crippen LogP contribution in [0.5, 0.6) is 11.5 Å². The van der Waals surface area contributed by atoms with Crippen LogP contribution in [0.15, 0.2) is 85.2 Å². The van der Waals surface area contributed by atoms with Crippen molar-refractivity contribution in [3.05, 3.63) is 113 Å². The van der Waals surface area contributed by atoms with Crippen LogP contribution in [0.3, 0.4) is 0 Å². The van der Waals surface area contributed by atoms with Crippen LogP contribution >= 0.6 is 0 Å². The summed E-state index contributed by atoms with van der Waals surface area (Å²) in [5, 5.41) is 9.98. The van der Waals surface area contributed by atoms with Crippen molar-refractivity contribution in [1.82, 2.24) is 40.7 Å². The Morgan fingerprint density at radius 3 is 2.39 bits per heavy atom. The molecular weight excluding hydrogens is 817 g/mol. The predicted octanol–water partition coefficient (Wildman–Crippen LogP) is 6.63. The lowest BCUT2D eigenvalue weighted by molar-refractivity contribution is -0.159. The van der Waals surface area contributed by atoms with Gasteiger partial charge in [-0.1, -0.05) is 54.6 Å². The second-order valence-electron chi connectivity index (χ2n) is 17.9. The lowest BCUT2D eigenvalue weighted by Gasteiger charge is -2.35. The summed E-state index contributed by atoms with van der Waals surface area (Å²) in [4.78, 5) is 69.4. The highest BCUT2D eigenvalue weighted by molar-refractivity contribution is 5.91. The Bertz CT molecular complexity index is 2380. The molecule has 4 amide bonds. The monoisotopic (exact) mass is 876 g/mol. The van der Waals surface area contributed by atoms with E-state index in [0.717, 1.165) is 45.6 Å². The number of aromatic nitrogens is 3.